The summed E-state index contributed by atoms with van der Waals surface area (Å²) >= 11 is 0. The number of aromatic nitrogens is 2. The number of halogens is 1. The molecule has 1 saturated heterocycles. The molecule has 1 atom stereocenters. The van der Waals surface area contributed by atoms with Crippen molar-refractivity contribution >= 4 is 29.3 Å². The maximum absolute atomic E-state index is 13.3. The van der Waals surface area contributed by atoms with Crippen LogP contribution >= 0.6 is 0 Å². The number of anilines is 3. The van der Waals surface area contributed by atoms with Crippen LogP contribution in [0.3, 0.4) is 0 Å². The molecule has 2 N–H and O–H groups in total. The lowest BCUT2D eigenvalue weighted by atomic mass is 10.2. The number of likely N-dealkylation sites (N-methyl/N-ethyl adjacent to an activating group) is 3. The summed E-state index contributed by atoms with van der Waals surface area (Å²) < 4.78 is 13.3. The molecule has 1 aliphatic heterocycles. The Balaban J connectivity index is 1.56. The van der Waals surface area contributed by atoms with Crippen LogP contribution in [0.15, 0.2) is 42.6 Å². The highest BCUT2D eigenvalue weighted by molar-refractivity contribution is 5.92. The largest absolute Gasteiger partial charge is 0.354 e. The number of amides is 2. The van der Waals surface area contributed by atoms with Gasteiger partial charge in [-0.05, 0) is 58.8 Å². The second-order valence-corrected chi connectivity index (χ2v) is 10.3. The van der Waals surface area contributed by atoms with E-state index in [2.05, 4.69) is 44.3 Å². The summed E-state index contributed by atoms with van der Waals surface area (Å²) in [6, 6.07) is 5.47. The van der Waals surface area contributed by atoms with E-state index in [1.807, 2.05) is 19.0 Å². The van der Waals surface area contributed by atoms with Crippen molar-refractivity contribution in [1.29, 1.82) is 0 Å². The van der Waals surface area contributed by atoms with Gasteiger partial charge in [0, 0.05) is 64.5 Å². The Morgan fingerprint density at radius 2 is 1.85 bits per heavy atom. The molecule has 0 aliphatic carbocycles. The van der Waals surface area contributed by atoms with Crippen LogP contribution in [0.2, 0.25) is 0 Å². The van der Waals surface area contributed by atoms with Gasteiger partial charge in [-0.25, -0.2) is 9.37 Å². The molecular formula is C30H41FN8O2. The molecule has 2 heterocycles. The van der Waals surface area contributed by atoms with Gasteiger partial charge < -0.3 is 30.2 Å². The number of piperazine rings is 1. The Morgan fingerprint density at radius 3 is 2.54 bits per heavy atom. The zero-order valence-corrected chi connectivity index (χ0v) is 24.7. The Kier molecular flexibility index (Phi) is 12.1. The first kappa shape index (κ1) is 31.5. The molecule has 0 saturated carbocycles. The first-order chi connectivity index (χ1) is 19.6. The fourth-order valence-corrected chi connectivity index (χ4v) is 3.99. The molecule has 0 unspecified atom stereocenters. The number of rotatable bonds is 11. The summed E-state index contributed by atoms with van der Waals surface area (Å²) in [4.78, 5) is 41.8. The molecule has 0 spiro atoms. The van der Waals surface area contributed by atoms with Gasteiger partial charge in [0.2, 0.25) is 17.8 Å². The maximum atomic E-state index is 13.3. The highest BCUT2D eigenvalue weighted by Gasteiger charge is 2.21. The van der Waals surface area contributed by atoms with E-state index in [1.165, 1.54) is 23.1 Å². The van der Waals surface area contributed by atoms with Crippen LogP contribution in [-0.4, -0.2) is 110 Å². The predicted octanol–water partition coefficient (Wildman–Crippen LogP) is 2.32. The van der Waals surface area contributed by atoms with E-state index in [0.29, 0.717) is 37.6 Å². The van der Waals surface area contributed by atoms with Crippen LogP contribution in [0.1, 0.15) is 25.3 Å². The Hall–Kier alpha value is -4.01. The van der Waals surface area contributed by atoms with Crippen molar-refractivity contribution in [2.75, 3.05) is 77.7 Å². The summed E-state index contributed by atoms with van der Waals surface area (Å²) in [5, 5.41) is 6.03. The molecule has 1 aromatic heterocycles. The van der Waals surface area contributed by atoms with E-state index < -0.39 is 6.04 Å². The van der Waals surface area contributed by atoms with Gasteiger partial charge in [-0.3, -0.25) is 9.59 Å². The highest BCUT2D eigenvalue weighted by Crippen LogP contribution is 2.22. The maximum Gasteiger partial charge on any atom is 0.246 e. The van der Waals surface area contributed by atoms with Gasteiger partial charge in [-0.15, -0.1) is 0 Å². The SMILES string of the molecule is C[C@@H](C(=O)NCCCC#Cc1cnc(Nc2ccc(F)cc2)nc1N1CCN(C)CC1)N(C)C(=O)/C=C/CN(C)C. The Labute approximate surface area is 242 Å². The second-order valence-electron chi connectivity index (χ2n) is 10.3. The third-order valence-electron chi connectivity index (χ3n) is 6.71. The van der Waals surface area contributed by atoms with Crippen LogP contribution in [0.5, 0.6) is 0 Å². The number of carbonyl (C=O) groups is 2. The molecule has 11 heteroatoms. The molecule has 1 fully saturated rings. The van der Waals surface area contributed by atoms with Crippen molar-refractivity contribution in [3.8, 4) is 11.8 Å². The van der Waals surface area contributed by atoms with Crippen molar-refractivity contribution in [3.63, 3.8) is 0 Å². The van der Waals surface area contributed by atoms with Crippen molar-refractivity contribution < 1.29 is 14.0 Å². The van der Waals surface area contributed by atoms with Crippen LogP contribution in [0.25, 0.3) is 0 Å². The normalized spacial score (nSPS) is 14.5. The average Bonchev–Trinajstić information content (AvgIpc) is 2.95. The lowest BCUT2D eigenvalue weighted by molar-refractivity contribution is -0.135. The monoisotopic (exact) mass is 564 g/mol. The topological polar surface area (TPSA) is 96.9 Å². The number of unbranched alkanes of at least 4 members (excludes halogenated alkanes) is 1. The summed E-state index contributed by atoms with van der Waals surface area (Å²) in [7, 11) is 7.56. The van der Waals surface area contributed by atoms with Gasteiger partial charge in [-0.2, -0.15) is 4.98 Å². The molecule has 0 bridgehead atoms. The van der Waals surface area contributed by atoms with Gasteiger partial charge >= 0.3 is 0 Å². The van der Waals surface area contributed by atoms with Gasteiger partial charge in [0.25, 0.3) is 0 Å². The van der Waals surface area contributed by atoms with Crippen LogP contribution in [0, 0.1) is 17.7 Å². The van der Waals surface area contributed by atoms with Crippen LogP contribution in [-0.2, 0) is 9.59 Å². The van der Waals surface area contributed by atoms with Crippen molar-refractivity contribution in [1.82, 2.24) is 30.0 Å². The van der Waals surface area contributed by atoms with Crippen LogP contribution in [0.4, 0.5) is 21.8 Å². The molecule has 10 nitrogen and oxygen atoms in total. The lowest BCUT2D eigenvalue weighted by Crippen LogP contribution is -2.45. The van der Waals surface area contributed by atoms with E-state index >= 15 is 0 Å². The molecule has 1 aliphatic rings. The molecular weight excluding hydrogens is 523 g/mol. The number of hydrogen-bond donors (Lipinski definition) is 2. The first-order valence-electron chi connectivity index (χ1n) is 13.8. The quantitative estimate of drug-likeness (QED) is 0.244. The van der Waals surface area contributed by atoms with Gasteiger partial charge in [0.1, 0.15) is 17.7 Å². The van der Waals surface area contributed by atoms with Crippen molar-refractivity contribution in [3.05, 3.63) is 54.0 Å². The third-order valence-corrected chi connectivity index (χ3v) is 6.71. The molecule has 1 aromatic carbocycles. The molecule has 0 radical (unpaired) electrons. The standard InChI is InChI=1S/C30H41FN8O2/c1-23(38(5)27(40)11-9-17-36(2)3)29(41)32-16-8-6-7-10-24-22-33-30(34-26-14-12-25(31)13-15-26)35-28(24)39-20-18-37(4)19-21-39/h9,11-15,22-23H,6,8,16-21H2,1-5H3,(H,32,41)(H,33,34,35)/b11-9+/t23-/m0/s1. The van der Waals surface area contributed by atoms with Crippen LogP contribution < -0.4 is 15.5 Å². The minimum atomic E-state index is -0.581. The number of benzene rings is 1. The number of hydrogen-bond acceptors (Lipinski definition) is 8. The molecule has 2 amide bonds. The minimum Gasteiger partial charge on any atom is -0.354 e. The lowest BCUT2D eigenvalue weighted by Gasteiger charge is -2.33. The smallest absolute Gasteiger partial charge is 0.246 e. The first-order valence-corrected chi connectivity index (χ1v) is 13.8. The third kappa shape index (κ3) is 10.2. The minimum absolute atomic E-state index is 0.204. The Bertz CT molecular complexity index is 1250. The van der Waals surface area contributed by atoms with E-state index in [-0.39, 0.29) is 17.6 Å². The zero-order valence-electron chi connectivity index (χ0n) is 24.7. The summed E-state index contributed by atoms with van der Waals surface area (Å²) in [5.41, 5.74) is 1.43. The summed E-state index contributed by atoms with van der Waals surface area (Å²) in [6.45, 7) is 6.31. The second kappa shape index (κ2) is 15.7. The van der Waals surface area contributed by atoms with Gasteiger partial charge in [0.15, 0.2) is 0 Å². The van der Waals surface area contributed by atoms with Gasteiger partial charge in [0.05, 0.1) is 11.8 Å². The fourth-order valence-electron chi connectivity index (χ4n) is 3.99. The predicted molar refractivity (Wildman–Crippen MR) is 160 cm³/mol. The fraction of sp³-hybridized carbons (Fsp3) is 0.467. The van der Waals surface area contributed by atoms with Crippen molar-refractivity contribution in [2.24, 2.45) is 0 Å². The average molecular weight is 565 g/mol. The summed E-state index contributed by atoms with van der Waals surface area (Å²) in [6.07, 6.45) is 6.22. The molecule has 220 valence electrons. The van der Waals surface area contributed by atoms with E-state index in [9.17, 15) is 14.0 Å². The van der Waals surface area contributed by atoms with E-state index in [4.69, 9.17) is 4.98 Å². The number of nitrogens with one attached hydrogen (secondary N) is 2. The number of nitrogens with zero attached hydrogens (tertiary/aromatic N) is 6. The summed E-state index contributed by atoms with van der Waals surface area (Å²) in [5.74, 6) is 6.86. The Morgan fingerprint density at radius 1 is 1.15 bits per heavy atom. The molecule has 2 aromatic rings. The zero-order chi connectivity index (χ0) is 29.8. The van der Waals surface area contributed by atoms with Gasteiger partial charge in [-0.1, -0.05) is 17.9 Å². The van der Waals surface area contributed by atoms with E-state index in [1.54, 1.807) is 38.4 Å². The van der Waals surface area contributed by atoms with Crippen molar-refractivity contribution in [2.45, 2.75) is 25.8 Å². The highest BCUT2D eigenvalue weighted by atomic mass is 19.1. The number of carbonyl (C=O) groups excluding carboxylic acids is 2. The molecule has 3 rings (SSSR count). The van der Waals surface area contributed by atoms with E-state index in [0.717, 1.165) is 37.6 Å². The molecule has 41 heavy (non-hydrogen) atoms.